The molecule has 8 nitrogen and oxygen atoms in total. The first-order valence-corrected chi connectivity index (χ1v) is 9.12. The molecule has 0 amide bonds. The van der Waals surface area contributed by atoms with E-state index in [2.05, 4.69) is 0 Å². The third-order valence-corrected chi connectivity index (χ3v) is 4.62. The molecule has 1 aliphatic rings. The summed E-state index contributed by atoms with van der Waals surface area (Å²) in [6, 6.07) is 8.29. The molecule has 0 aliphatic carbocycles. The predicted molar refractivity (Wildman–Crippen MR) is 103 cm³/mol. The Balaban J connectivity index is 1.62. The summed E-state index contributed by atoms with van der Waals surface area (Å²) < 4.78 is 15.8. The number of hydrogen-bond donors (Lipinski definition) is 0. The molecule has 0 N–H and O–H groups in total. The van der Waals surface area contributed by atoms with Gasteiger partial charge in [0.2, 0.25) is 0 Å². The van der Waals surface area contributed by atoms with Gasteiger partial charge < -0.3 is 14.2 Å². The highest BCUT2D eigenvalue weighted by Crippen LogP contribution is 2.33. The first-order chi connectivity index (χ1) is 13.8. The number of non-ortho nitro benzene ring substituents is 1. The van der Waals surface area contributed by atoms with Crippen molar-refractivity contribution < 1.29 is 28.7 Å². The van der Waals surface area contributed by atoms with Crippen molar-refractivity contribution in [3.05, 3.63) is 68.3 Å². The maximum Gasteiger partial charge on any atom is 0.306 e. The van der Waals surface area contributed by atoms with Crippen molar-refractivity contribution in [1.82, 2.24) is 0 Å². The number of fused-ring (bicyclic) bond motifs is 1. The summed E-state index contributed by atoms with van der Waals surface area (Å²) in [6.45, 7) is 3.77. The molecule has 0 spiro atoms. The van der Waals surface area contributed by atoms with Crippen molar-refractivity contribution in [2.45, 2.75) is 39.9 Å². The van der Waals surface area contributed by atoms with Gasteiger partial charge in [0.25, 0.3) is 5.69 Å². The Hall–Kier alpha value is -3.26. The number of benzene rings is 2. The van der Waals surface area contributed by atoms with Crippen LogP contribution in [0.15, 0.2) is 30.3 Å². The summed E-state index contributed by atoms with van der Waals surface area (Å²) in [7, 11) is 0. The zero-order valence-electron chi connectivity index (χ0n) is 16.2. The number of esters is 1. The van der Waals surface area contributed by atoms with Gasteiger partial charge in [-0.1, -0.05) is 17.7 Å². The van der Waals surface area contributed by atoms with Crippen LogP contribution in [0.25, 0.3) is 0 Å². The number of carbonyl (C=O) groups is 2. The minimum absolute atomic E-state index is 0.0239. The zero-order chi connectivity index (χ0) is 21.0. The molecule has 0 unspecified atom stereocenters. The van der Waals surface area contributed by atoms with E-state index in [1.165, 1.54) is 12.1 Å². The molecule has 2 aromatic rings. The smallest absolute Gasteiger partial charge is 0.306 e. The van der Waals surface area contributed by atoms with E-state index in [-0.39, 0.29) is 44.3 Å². The summed E-state index contributed by atoms with van der Waals surface area (Å²) in [5.74, 6) is -0.256. The molecule has 152 valence electrons. The number of rotatable bonds is 7. The molecule has 1 aliphatic heterocycles. The first kappa shape index (κ1) is 20.5. The fourth-order valence-electron chi connectivity index (χ4n) is 3.11. The van der Waals surface area contributed by atoms with E-state index in [1.54, 1.807) is 6.07 Å². The molecule has 0 fully saturated rings. The third-order valence-electron chi connectivity index (χ3n) is 4.62. The Morgan fingerprint density at radius 3 is 2.72 bits per heavy atom. The highest BCUT2D eigenvalue weighted by atomic mass is 16.7. The Morgan fingerprint density at radius 1 is 1.17 bits per heavy atom. The van der Waals surface area contributed by atoms with Crippen molar-refractivity contribution in [3.63, 3.8) is 0 Å². The Labute approximate surface area is 167 Å². The summed E-state index contributed by atoms with van der Waals surface area (Å²) in [4.78, 5) is 35.1. The van der Waals surface area contributed by atoms with Crippen LogP contribution in [0, 0.1) is 24.0 Å². The molecule has 2 aromatic carbocycles. The van der Waals surface area contributed by atoms with Crippen molar-refractivity contribution in [1.29, 1.82) is 0 Å². The average Bonchev–Trinajstić information content (AvgIpc) is 2.71. The Morgan fingerprint density at radius 2 is 1.97 bits per heavy atom. The van der Waals surface area contributed by atoms with Crippen LogP contribution in [0.5, 0.6) is 5.75 Å². The number of Topliss-reactive ketones (excluding diaryl/α,β-unsaturated/α-hetero) is 1. The molecule has 3 rings (SSSR count). The van der Waals surface area contributed by atoms with Crippen LogP contribution in [0.4, 0.5) is 5.69 Å². The lowest BCUT2D eigenvalue weighted by molar-refractivity contribution is -0.385. The van der Waals surface area contributed by atoms with Gasteiger partial charge in [0.05, 0.1) is 18.0 Å². The van der Waals surface area contributed by atoms with Crippen LogP contribution in [-0.2, 0) is 27.5 Å². The Kier molecular flexibility index (Phi) is 6.23. The van der Waals surface area contributed by atoms with Gasteiger partial charge >= 0.3 is 5.97 Å². The van der Waals surface area contributed by atoms with Gasteiger partial charge in [0.1, 0.15) is 12.4 Å². The predicted octanol–water partition coefficient (Wildman–Crippen LogP) is 3.78. The molecule has 0 saturated heterocycles. The quantitative estimate of drug-likeness (QED) is 0.302. The molecule has 0 atom stereocenters. The van der Waals surface area contributed by atoms with E-state index in [0.29, 0.717) is 22.4 Å². The van der Waals surface area contributed by atoms with Gasteiger partial charge in [-0.25, -0.2) is 0 Å². The lowest BCUT2D eigenvalue weighted by atomic mass is 9.99. The van der Waals surface area contributed by atoms with E-state index in [4.69, 9.17) is 14.2 Å². The number of nitrogens with zero attached hydrogens (tertiary/aromatic N) is 1. The lowest BCUT2D eigenvalue weighted by Crippen LogP contribution is -2.15. The minimum atomic E-state index is -0.559. The maximum absolute atomic E-state index is 12.4. The molecule has 8 heteroatoms. The van der Waals surface area contributed by atoms with Crippen LogP contribution in [0.2, 0.25) is 0 Å². The van der Waals surface area contributed by atoms with Crippen LogP contribution in [0.1, 0.15) is 45.5 Å². The van der Waals surface area contributed by atoms with Gasteiger partial charge in [0, 0.05) is 35.2 Å². The lowest BCUT2D eigenvalue weighted by Gasteiger charge is -2.20. The van der Waals surface area contributed by atoms with Gasteiger partial charge in [0.15, 0.2) is 12.6 Å². The number of hydrogen-bond acceptors (Lipinski definition) is 7. The minimum Gasteiger partial charge on any atom is -0.467 e. The SMILES string of the molecule is Cc1ccc(C)c(C(=O)CCC(=O)OCc2cc([N+](=O)[O-])cc3c2OCOC3)c1. The van der Waals surface area contributed by atoms with Gasteiger partial charge in [-0.05, 0) is 25.5 Å². The van der Waals surface area contributed by atoms with Crippen LogP contribution >= 0.6 is 0 Å². The largest absolute Gasteiger partial charge is 0.467 e. The number of nitro benzene ring substituents is 1. The molecule has 0 aromatic heterocycles. The molecule has 0 radical (unpaired) electrons. The molecular formula is C21H21NO7. The molecule has 0 bridgehead atoms. The van der Waals surface area contributed by atoms with E-state index in [9.17, 15) is 19.7 Å². The molecule has 1 heterocycles. The summed E-state index contributed by atoms with van der Waals surface area (Å²) >= 11 is 0. The number of ether oxygens (including phenoxy) is 3. The van der Waals surface area contributed by atoms with Crippen molar-refractivity contribution >= 4 is 17.4 Å². The fraction of sp³-hybridized carbons (Fsp3) is 0.333. The van der Waals surface area contributed by atoms with E-state index < -0.39 is 10.9 Å². The highest BCUT2D eigenvalue weighted by molar-refractivity contribution is 5.98. The summed E-state index contributed by atoms with van der Waals surface area (Å²) in [6.07, 6.45) is -0.0478. The van der Waals surface area contributed by atoms with Gasteiger partial charge in [-0.15, -0.1) is 0 Å². The van der Waals surface area contributed by atoms with Crippen LogP contribution in [0.3, 0.4) is 0 Å². The van der Waals surface area contributed by atoms with E-state index in [0.717, 1.165) is 11.1 Å². The summed E-state index contributed by atoms with van der Waals surface area (Å²) in [5.41, 5.74) is 3.22. The standard InChI is InChI=1S/C21H21NO7/c1-13-3-4-14(2)18(7-13)19(23)5-6-20(24)28-11-16-9-17(22(25)26)8-15-10-27-12-29-21(15)16/h3-4,7-9H,5-6,10-12H2,1-2H3. The second-order valence-corrected chi connectivity index (χ2v) is 6.86. The zero-order valence-corrected chi connectivity index (χ0v) is 16.2. The molecular weight excluding hydrogens is 378 g/mol. The van der Waals surface area contributed by atoms with Gasteiger partial charge in [-0.2, -0.15) is 0 Å². The second-order valence-electron chi connectivity index (χ2n) is 6.86. The Bertz CT molecular complexity index is 968. The normalized spacial score (nSPS) is 12.6. The van der Waals surface area contributed by atoms with E-state index >= 15 is 0 Å². The number of carbonyl (C=O) groups excluding carboxylic acids is 2. The monoisotopic (exact) mass is 399 g/mol. The van der Waals surface area contributed by atoms with Crippen LogP contribution in [-0.4, -0.2) is 23.5 Å². The fourth-order valence-corrected chi connectivity index (χ4v) is 3.11. The maximum atomic E-state index is 12.4. The highest BCUT2D eigenvalue weighted by Gasteiger charge is 2.22. The molecule has 29 heavy (non-hydrogen) atoms. The topological polar surface area (TPSA) is 105 Å². The average molecular weight is 399 g/mol. The van der Waals surface area contributed by atoms with Crippen molar-refractivity contribution in [2.75, 3.05) is 6.79 Å². The third kappa shape index (κ3) is 4.97. The van der Waals surface area contributed by atoms with Crippen LogP contribution < -0.4 is 4.74 Å². The summed E-state index contributed by atoms with van der Waals surface area (Å²) in [5, 5.41) is 11.1. The van der Waals surface area contributed by atoms with Crippen molar-refractivity contribution in [3.8, 4) is 5.75 Å². The number of aryl methyl sites for hydroxylation is 2. The van der Waals surface area contributed by atoms with E-state index in [1.807, 2.05) is 26.0 Å². The van der Waals surface area contributed by atoms with Crippen molar-refractivity contribution in [2.24, 2.45) is 0 Å². The van der Waals surface area contributed by atoms with Gasteiger partial charge in [-0.3, -0.25) is 19.7 Å². The molecule has 0 saturated carbocycles. The second kappa shape index (κ2) is 8.83. The number of ketones is 1. The first-order valence-electron chi connectivity index (χ1n) is 9.12. The number of nitro groups is 1.